The number of aliphatic hydroxyl groups excluding tert-OH is 1. The van der Waals surface area contributed by atoms with E-state index in [-0.39, 0.29) is 6.61 Å². The summed E-state index contributed by atoms with van der Waals surface area (Å²) in [6.07, 6.45) is 0.538. The summed E-state index contributed by atoms with van der Waals surface area (Å²) in [5.74, 6) is 0.744. The van der Waals surface area contributed by atoms with Gasteiger partial charge < -0.3 is 9.63 Å². The van der Waals surface area contributed by atoms with E-state index >= 15 is 0 Å². The van der Waals surface area contributed by atoms with Crippen molar-refractivity contribution in [3.63, 3.8) is 0 Å². The summed E-state index contributed by atoms with van der Waals surface area (Å²) < 4.78 is 5.14. The second-order valence-corrected chi connectivity index (χ2v) is 3.02. The fourth-order valence-electron chi connectivity index (χ4n) is 1.28. The van der Waals surface area contributed by atoms with Crippen molar-refractivity contribution in [1.29, 1.82) is 0 Å². The number of aromatic nitrogens is 1. The lowest BCUT2D eigenvalue weighted by Gasteiger charge is -1.91. The van der Waals surface area contributed by atoms with Crippen molar-refractivity contribution in [3.05, 3.63) is 42.1 Å². The zero-order valence-corrected chi connectivity index (χ0v) is 7.68. The molecule has 2 aromatic rings. The van der Waals surface area contributed by atoms with E-state index in [9.17, 15) is 0 Å². The highest BCUT2D eigenvalue weighted by atomic mass is 16.5. The molecule has 2 rings (SSSR count). The van der Waals surface area contributed by atoms with Crippen LogP contribution in [0.15, 0.2) is 40.9 Å². The largest absolute Gasteiger partial charge is 0.396 e. The van der Waals surface area contributed by atoms with Gasteiger partial charge >= 0.3 is 0 Å². The molecule has 0 amide bonds. The maximum atomic E-state index is 8.72. The lowest BCUT2D eigenvalue weighted by molar-refractivity contribution is 0.294. The average Bonchev–Trinajstić information content (AvgIpc) is 2.68. The van der Waals surface area contributed by atoms with Crippen molar-refractivity contribution in [2.24, 2.45) is 0 Å². The van der Waals surface area contributed by atoms with Crippen LogP contribution < -0.4 is 0 Å². The van der Waals surface area contributed by atoms with Gasteiger partial charge in [0.25, 0.3) is 0 Å². The lowest BCUT2D eigenvalue weighted by atomic mass is 10.1. The quantitative estimate of drug-likeness (QED) is 0.801. The Morgan fingerprint density at radius 1 is 1.21 bits per heavy atom. The molecule has 3 nitrogen and oxygen atoms in total. The lowest BCUT2D eigenvalue weighted by Crippen LogP contribution is -1.88. The summed E-state index contributed by atoms with van der Waals surface area (Å²) in [7, 11) is 0. The molecule has 1 N–H and O–H groups in total. The standard InChI is InChI=1S/C11H11NO2/c13-7-6-10-8-11(14-12-10)9-4-2-1-3-5-9/h1-5,8,13H,6-7H2. The smallest absolute Gasteiger partial charge is 0.167 e. The van der Waals surface area contributed by atoms with E-state index < -0.39 is 0 Å². The molecule has 1 aromatic heterocycles. The van der Waals surface area contributed by atoms with Gasteiger partial charge in [-0.25, -0.2) is 0 Å². The molecular formula is C11H11NO2. The predicted octanol–water partition coefficient (Wildman–Crippen LogP) is 1.88. The third kappa shape index (κ3) is 1.83. The number of benzene rings is 1. The van der Waals surface area contributed by atoms with Crippen LogP contribution in [0.5, 0.6) is 0 Å². The molecule has 0 saturated carbocycles. The molecular weight excluding hydrogens is 178 g/mol. The van der Waals surface area contributed by atoms with Gasteiger partial charge in [-0.1, -0.05) is 35.5 Å². The van der Waals surface area contributed by atoms with E-state index in [0.717, 1.165) is 17.0 Å². The molecule has 0 fully saturated rings. The average molecular weight is 189 g/mol. The SMILES string of the molecule is OCCc1cc(-c2ccccc2)on1. The van der Waals surface area contributed by atoms with Crippen LogP contribution in [-0.4, -0.2) is 16.9 Å². The van der Waals surface area contributed by atoms with Crippen molar-refractivity contribution in [2.45, 2.75) is 6.42 Å². The van der Waals surface area contributed by atoms with Crippen LogP contribution in [0.3, 0.4) is 0 Å². The normalized spacial score (nSPS) is 10.4. The molecule has 0 saturated heterocycles. The fraction of sp³-hybridized carbons (Fsp3) is 0.182. The fourth-order valence-corrected chi connectivity index (χ4v) is 1.28. The van der Waals surface area contributed by atoms with Gasteiger partial charge in [0, 0.05) is 24.7 Å². The Labute approximate surface area is 82.0 Å². The molecule has 3 heteroatoms. The Morgan fingerprint density at radius 3 is 2.71 bits per heavy atom. The first-order valence-corrected chi connectivity index (χ1v) is 4.52. The summed E-state index contributed by atoms with van der Waals surface area (Å²) >= 11 is 0. The van der Waals surface area contributed by atoms with E-state index in [2.05, 4.69) is 5.16 Å². The second kappa shape index (κ2) is 4.07. The minimum Gasteiger partial charge on any atom is -0.396 e. The van der Waals surface area contributed by atoms with Crippen LogP contribution in [0, 0.1) is 0 Å². The van der Waals surface area contributed by atoms with Crippen LogP contribution in [0.2, 0.25) is 0 Å². The molecule has 0 aliphatic heterocycles. The van der Waals surface area contributed by atoms with Crippen molar-refractivity contribution in [2.75, 3.05) is 6.61 Å². The highest BCUT2D eigenvalue weighted by molar-refractivity contribution is 5.56. The van der Waals surface area contributed by atoms with E-state index in [4.69, 9.17) is 9.63 Å². The number of aliphatic hydroxyl groups is 1. The molecule has 0 bridgehead atoms. The summed E-state index contributed by atoms with van der Waals surface area (Å²) in [6, 6.07) is 11.6. The Kier molecular flexibility index (Phi) is 2.60. The molecule has 0 atom stereocenters. The first-order chi connectivity index (χ1) is 6.90. The molecule has 1 heterocycles. The van der Waals surface area contributed by atoms with Crippen LogP contribution >= 0.6 is 0 Å². The van der Waals surface area contributed by atoms with Crippen molar-refractivity contribution < 1.29 is 9.63 Å². The Hall–Kier alpha value is -1.61. The first kappa shape index (κ1) is 8.97. The molecule has 1 aromatic carbocycles. The van der Waals surface area contributed by atoms with Crippen molar-refractivity contribution >= 4 is 0 Å². The number of hydrogen-bond acceptors (Lipinski definition) is 3. The summed E-state index contributed by atoms with van der Waals surface area (Å²) in [6.45, 7) is 0.0980. The minimum atomic E-state index is 0.0980. The van der Waals surface area contributed by atoms with Gasteiger partial charge in [-0.2, -0.15) is 0 Å². The van der Waals surface area contributed by atoms with Crippen LogP contribution in [0.25, 0.3) is 11.3 Å². The number of hydrogen-bond donors (Lipinski definition) is 1. The highest BCUT2D eigenvalue weighted by Crippen LogP contribution is 2.19. The Balaban J connectivity index is 2.25. The van der Waals surface area contributed by atoms with E-state index in [1.165, 1.54) is 0 Å². The van der Waals surface area contributed by atoms with Crippen LogP contribution in [-0.2, 0) is 6.42 Å². The van der Waals surface area contributed by atoms with E-state index in [0.29, 0.717) is 6.42 Å². The molecule has 72 valence electrons. The van der Waals surface area contributed by atoms with Gasteiger partial charge in [-0.05, 0) is 0 Å². The van der Waals surface area contributed by atoms with Crippen molar-refractivity contribution in [1.82, 2.24) is 5.16 Å². The van der Waals surface area contributed by atoms with Gasteiger partial charge in [-0.3, -0.25) is 0 Å². The first-order valence-electron chi connectivity index (χ1n) is 4.52. The monoisotopic (exact) mass is 189 g/mol. The van der Waals surface area contributed by atoms with Crippen LogP contribution in [0.1, 0.15) is 5.69 Å². The Bertz CT molecular complexity index is 395. The molecule has 0 radical (unpaired) electrons. The zero-order chi connectivity index (χ0) is 9.80. The van der Waals surface area contributed by atoms with Crippen LogP contribution in [0.4, 0.5) is 0 Å². The van der Waals surface area contributed by atoms with Gasteiger partial charge in [0.1, 0.15) is 0 Å². The Morgan fingerprint density at radius 2 is 2.00 bits per heavy atom. The minimum absolute atomic E-state index is 0.0980. The van der Waals surface area contributed by atoms with Gasteiger partial charge in [0.05, 0.1) is 5.69 Å². The summed E-state index contributed by atoms with van der Waals surface area (Å²) in [5, 5.41) is 12.6. The van der Waals surface area contributed by atoms with E-state index in [1.54, 1.807) is 0 Å². The maximum absolute atomic E-state index is 8.72. The molecule has 0 unspecified atom stereocenters. The van der Waals surface area contributed by atoms with Crippen molar-refractivity contribution in [3.8, 4) is 11.3 Å². The molecule has 0 aliphatic rings. The highest BCUT2D eigenvalue weighted by Gasteiger charge is 2.04. The third-order valence-corrected chi connectivity index (χ3v) is 1.99. The maximum Gasteiger partial charge on any atom is 0.167 e. The molecule has 14 heavy (non-hydrogen) atoms. The zero-order valence-electron chi connectivity index (χ0n) is 7.68. The molecule has 0 aliphatic carbocycles. The summed E-state index contributed by atoms with van der Waals surface area (Å²) in [4.78, 5) is 0. The van der Waals surface area contributed by atoms with E-state index in [1.807, 2.05) is 36.4 Å². The van der Waals surface area contributed by atoms with Gasteiger partial charge in [0.2, 0.25) is 0 Å². The number of nitrogens with zero attached hydrogens (tertiary/aromatic N) is 1. The second-order valence-electron chi connectivity index (χ2n) is 3.02. The van der Waals surface area contributed by atoms with Gasteiger partial charge in [0.15, 0.2) is 5.76 Å². The van der Waals surface area contributed by atoms with Gasteiger partial charge in [-0.15, -0.1) is 0 Å². The summed E-state index contributed by atoms with van der Waals surface area (Å²) in [5.41, 5.74) is 1.79. The number of rotatable bonds is 3. The predicted molar refractivity (Wildman–Crippen MR) is 52.7 cm³/mol. The third-order valence-electron chi connectivity index (χ3n) is 1.99. The topological polar surface area (TPSA) is 46.3 Å². The molecule has 0 spiro atoms.